The van der Waals surface area contributed by atoms with Crippen molar-refractivity contribution < 1.29 is 15.0 Å². The average molecular weight is 457 g/mol. The number of Topliss-reactive ketones (excluding diaryl/α,β-unsaturated/α-hetero) is 1. The van der Waals surface area contributed by atoms with E-state index >= 15 is 0 Å². The molecule has 5 aliphatic rings. The van der Waals surface area contributed by atoms with Crippen molar-refractivity contribution in [1.29, 1.82) is 0 Å². The summed E-state index contributed by atoms with van der Waals surface area (Å²) in [5, 5.41) is 21.6. The maximum absolute atomic E-state index is 13.0. The smallest absolute Gasteiger partial charge is 0.141 e. The van der Waals surface area contributed by atoms with Crippen LogP contribution in [0.5, 0.6) is 0 Å². The molecule has 0 bridgehead atoms. The fraction of sp³-hybridized carbons (Fsp3) is 0.900. The molecule has 0 saturated heterocycles. The number of aliphatic hydroxyl groups excluding tert-OH is 2. The Bertz CT molecular complexity index is 889. The van der Waals surface area contributed by atoms with E-state index in [9.17, 15) is 15.0 Å². The van der Waals surface area contributed by atoms with Crippen molar-refractivity contribution in [1.82, 2.24) is 0 Å². The minimum absolute atomic E-state index is 0.00210. The monoisotopic (exact) mass is 456 g/mol. The number of ketones is 1. The number of hydrogen-bond acceptors (Lipinski definition) is 3. The van der Waals surface area contributed by atoms with Crippen molar-refractivity contribution in [2.24, 2.45) is 50.2 Å². The number of carbonyl (C=O) groups excluding carboxylic acids is 1. The molecule has 0 aromatic carbocycles. The summed E-state index contributed by atoms with van der Waals surface area (Å²) in [6.07, 6.45) is 11.6. The molecule has 0 aromatic heterocycles. The Morgan fingerprint density at radius 3 is 2.27 bits per heavy atom. The first kappa shape index (κ1) is 24.0. The predicted molar refractivity (Wildman–Crippen MR) is 133 cm³/mol. The predicted octanol–water partition coefficient (Wildman–Crippen LogP) is 6.32. The van der Waals surface area contributed by atoms with Gasteiger partial charge in [0.05, 0.1) is 18.1 Å². The van der Waals surface area contributed by atoms with Crippen molar-refractivity contribution in [3.05, 3.63) is 11.6 Å². The molecule has 3 heteroatoms. The highest BCUT2D eigenvalue weighted by Crippen LogP contribution is 2.75. The van der Waals surface area contributed by atoms with Crippen LogP contribution in [-0.2, 0) is 4.79 Å². The van der Waals surface area contributed by atoms with Gasteiger partial charge in [0.15, 0.2) is 0 Å². The molecule has 0 spiro atoms. The van der Waals surface area contributed by atoms with Crippen LogP contribution in [0, 0.1) is 50.2 Å². The van der Waals surface area contributed by atoms with Crippen LogP contribution in [-0.4, -0.2) is 28.7 Å². The van der Waals surface area contributed by atoms with Gasteiger partial charge in [-0.15, -0.1) is 0 Å². The summed E-state index contributed by atoms with van der Waals surface area (Å²) in [6, 6.07) is 0. The summed E-state index contributed by atoms with van der Waals surface area (Å²) in [7, 11) is 0. The van der Waals surface area contributed by atoms with Gasteiger partial charge in [-0.2, -0.15) is 0 Å². The minimum atomic E-state index is -0.581. The Balaban J connectivity index is 1.59. The van der Waals surface area contributed by atoms with Gasteiger partial charge in [-0.3, -0.25) is 4.79 Å². The standard InChI is InChI=1S/C30H48O3/c1-25(2)16-20-19-8-9-22-27(4)12-11-23(32)28(5,18-31)21(27)10-13-30(22,7)29(19,6)15-14-26(20,3)24(33)17-25/h8,20-22,24,31,33H,9-18H2,1-7H3/t20-,21+,22?,24+,26+,27-,28+,29+,30+/m0/s1. The van der Waals surface area contributed by atoms with Gasteiger partial charge < -0.3 is 10.2 Å². The zero-order chi connectivity index (χ0) is 24.2. The number of fused-ring (bicyclic) bond motifs is 7. The van der Waals surface area contributed by atoms with Crippen molar-refractivity contribution in [2.45, 2.75) is 112 Å². The number of allylic oxidation sites excluding steroid dienone is 2. The number of carbonyl (C=O) groups is 1. The normalized spacial score (nSPS) is 55.5. The van der Waals surface area contributed by atoms with Crippen LogP contribution in [0.15, 0.2) is 11.6 Å². The van der Waals surface area contributed by atoms with Crippen LogP contribution in [0.2, 0.25) is 0 Å². The van der Waals surface area contributed by atoms with Crippen LogP contribution in [0.4, 0.5) is 0 Å². The largest absolute Gasteiger partial charge is 0.395 e. The van der Waals surface area contributed by atoms with Crippen molar-refractivity contribution in [3.63, 3.8) is 0 Å². The fourth-order valence-corrected chi connectivity index (χ4v) is 10.5. The Kier molecular flexibility index (Phi) is 5.07. The molecule has 0 amide bonds. The van der Waals surface area contributed by atoms with Gasteiger partial charge in [-0.25, -0.2) is 0 Å². The van der Waals surface area contributed by atoms with Crippen LogP contribution < -0.4 is 0 Å². The van der Waals surface area contributed by atoms with Crippen molar-refractivity contribution in [3.8, 4) is 0 Å². The lowest BCUT2D eigenvalue weighted by molar-refractivity contribution is -0.196. The molecular formula is C30H48O3. The van der Waals surface area contributed by atoms with Crippen molar-refractivity contribution >= 4 is 5.78 Å². The van der Waals surface area contributed by atoms with E-state index < -0.39 is 5.41 Å². The minimum Gasteiger partial charge on any atom is -0.395 e. The SMILES string of the molecule is CC1(C)C[C@@H](O)[C@]2(C)CC[C@]3(C)C(=CCC4[C@@]5(C)CCC(=O)[C@](C)(CO)[C@@H]5CC[C@]43C)[C@@H]2C1. The molecule has 4 saturated carbocycles. The van der Waals surface area contributed by atoms with Crippen LogP contribution in [0.25, 0.3) is 0 Å². The lowest BCUT2D eigenvalue weighted by Gasteiger charge is -2.71. The lowest BCUT2D eigenvalue weighted by atomic mass is 9.33. The zero-order valence-corrected chi connectivity index (χ0v) is 22.3. The van der Waals surface area contributed by atoms with E-state index in [1.807, 2.05) is 6.92 Å². The molecule has 0 aliphatic heterocycles. The summed E-state index contributed by atoms with van der Waals surface area (Å²) in [5.41, 5.74) is 1.69. The van der Waals surface area contributed by atoms with Gasteiger partial charge in [-0.1, -0.05) is 60.1 Å². The van der Waals surface area contributed by atoms with Gasteiger partial charge in [0.1, 0.15) is 5.78 Å². The number of rotatable bonds is 1. The quantitative estimate of drug-likeness (QED) is 0.454. The molecule has 0 aromatic rings. The number of aliphatic hydroxyl groups is 2. The lowest BCUT2D eigenvalue weighted by Crippen LogP contribution is -2.65. The highest BCUT2D eigenvalue weighted by atomic mass is 16.3. The van der Waals surface area contributed by atoms with Gasteiger partial charge in [0.25, 0.3) is 0 Å². The summed E-state index contributed by atoms with van der Waals surface area (Å²) >= 11 is 0. The molecular weight excluding hydrogens is 408 g/mol. The van der Waals surface area contributed by atoms with E-state index in [1.54, 1.807) is 5.57 Å². The highest BCUT2D eigenvalue weighted by molar-refractivity contribution is 5.86. The fourth-order valence-electron chi connectivity index (χ4n) is 10.5. The zero-order valence-electron chi connectivity index (χ0n) is 22.3. The third-order valence-corrected chi connectivity index (χ3v) is 13.0. The Morgan fingerprint density at radius 2 is 1.61 bits per heavy atom. The Labute approximate surface area is 201 Å². The van der Waals surface area contributed by atoms with E-state index in [1.165, 1.54) is 6.42 Å². The van der Waals surface area contributed by atoms with Gasteiger partial charge in [0.2, 0.25) is 0 Å². The second kappa shape index (κ2) is 6.96. The molecule has 5 aliphatic carbocycles. The van der Waals surface area contributed by atoms with Gasteiger partial charge in [-0.05, 0) is 90.8 Å². The molecule has 186 valence electrons. The second-order valence-corrected chi connectivity index (χ2v) is 14.9. The van der Waals surface area contributed by atoms with Gasteiger partial charge in [0, 0.05) is 11.8 Å². The Morgan fingerprint density at radius 1 is 0.909 bits per heavy atom. The van der Waals surface area contributed by atoms with E-state index in [4.69, 9.17) is 0 Å². The highest BCUT2D eigenvalue weighted by Gasteiger charge is 2.69. The molecule has 0 heterocycles. The molecule has 9 atom stereocenters. The van der Waals surface area contributed by atoms with E-state index in [0.717, 1.165) is 44.9 Å². The third kappa shape index (κ3) is 2.85. The second-order valence-electron chi connectivity index (χ2n) is 14.9. The van der Waals surface area contributed by atoms with Crippen LogP contribution in [0.1, 0.15) is 106 Å². The first-order valence-corrected chi connectivity index (χ1v) is 13.7. The molecule has 2 N–H and O–H groups in total. The third-order valence-electron chi connectivity index (χ3n) is 13.0. The van der Waals surface area contributed by atoms with Crippen LogP contribution >= 0.6 is 0 Å². The molecule has 4 fully saturated rings. The Hall–Kier alpha value is -0.670. The van der Waals surface area contributed by atoms with E-state index in [-0.39, 0.29) is 51.5 Å². The molecule has 33 heavy (non-hydrogen) atoms. The van der Waals surface area contributed by atoms with Crippen LogP contribution in [0.3, 0.4) is 0 Å². The van der Waals surface area contributed by atoms with Gasteiger partial charge >= 0.3 is 0 Å². The molecule has 5 rings (SSSR count). The maximum Gasteiger partial charge on any atom is 0.141 e. The first-order chi connectivity index (χ1) is 15.2. The molecule has 0 radical (unpaired) electrons. The summed E-state index contributed by atoms with van der Waals surface area (Å²) in [4.78, 5) is 13.0. The molecule has 3 nitrogen and oxygen atoms in total. The topological polar surface area (TPSA) is 57.5 Å². The summed E-state index contributed by atoms with van der Waals surface area (Å²) in [6.45, 7) is 16.7. The molecule has 1 unspecified atom stereocenters. The van der Waals surface area contributed by atoms with E-state index in [2.05, 4.69) is 47.6 Å². The summed E-state index contributed by atoms with van der Waals surface area (Å²) in [5.74, 6) is 1.56. The van der Waals surface area contributed by atoms with E-state index in [0.29, 0.717) is 18.3 Å². The average Bonchev–Trinajstić information content (AvgIpc) is 2.73. The van der Waals surface area contributed by atoms with Crippen molar-refractivity contribution in [2.75, 3.05) is 6.61 Å². The first-order valence-electron chi connectivity index (χ1n) is 13.7. The number of hydrogen-bond donors (Lipinski definition) is 2. The summed E-state index contributed by atoms with van der Waals surface area (Å²) < 4.78 is 0. The maximum atomic E-state index is 13.0.